The van der Waals surface area contributed by atoms with E-state index in [9.17, 15) is 13.2 Å². The lowest BCUT2D eigenvalue weighted by Crippen LogP contribution is -2.26. The van der Waals surface area contributed by atoms with Crippen molar-refractivity contribution in [3.05, 3.63) is 59.5 Å². The Morgan fingerprint density at radius 2 is 1.93 bits per heavy atom. The van der Waals surface area contributed by atoms with Crippen LogP contribution in [0.25, 0.3) is 11.5 Å². The Hall–Kier alpha value is -3.04. The van der Waals surface area contributed by atoms with Gasteiger partial charge in [-0.15, -0.1) is 10.2 Å². The molecule has 2 N–H and O–H groups in total. The molecular weight excluding hydrogens is 380 g/mol. The van der Waals surface area contributed by atoms with E-state index in [1.807, 2.05) is 31.2 Å². The fourth-order valence-corrected chi connectivity index (χ4v) is 4.00. The second-order valence-corrected chi connectivity index (χ2v) is 8.33. The van der Waals surface area contributed by atoms with Gasteiger partial charge in [0.2, 0.25) is 27.7 Å². The zero-order valence-electron chi connectivity index (χ0n) is 15.1. The number of fused-ring (bicyclic) bond motifs is 1. The molecule has 4 rings (SSSR count). The highest BCUT2D eigenvalue weighted by Crippen LogP contribution is 2.25. The van der Waals surface area contributed by atoms with E-state index in [1.54, 1.807) is 6.07 Å². The number of sulfonamides is 1. The van der Waals surface area contributed by atoms with Gasteiger partial charge in [-0.1, -0.05) is 17.7 Å². The van der Waals surface area contributed by atoms with Gasteiger partial charge < -0.3 is 9.73 Å². The van der Waals surface area contributed by atoms with Crippen molar-refractivity contribution in [2.75, 3.05) is 11.9 Å². The second kappa shape index (κ2) is 7.17. The molecule has 0 bridgehead atoms. The fraction of sp³-hybridized carbons (Fsp3) is 0.211. The number of carbonyl (C=O) groups is 1. The molecule has 1 aromatic heterocycles. The topological polar surface area (TPSA) is 114 Å². The number of hydrogen-bond donors (Lipinski definition) is 2. The van der Waals surface area contributed by atoms with Gasteiger partial charge in [-0.05, 0) is 42.8 Å². The normalized spacial score (nSPS) is 13.4. The Labute approximate surface area is 162 Å². The van der Waals surface area contributed by atoms with Crippen LogP contribution in [-0.2, 0) is 27.7 Å². The van der Waals surface area contributed by atoms with E-state index in [4.69, 9.17) is 4.42 Å². The van der Waals surface area contributed by atoms with Gasteiger partial charge in [-0.3, -0.25) is 4.79 Å². The summed E-state index contributed by atoms with van der Waals surface area (Å²) in [5.41, 5.74) is 3.27. The third kappa shape index (κ3) is 3.80. The van der Waals surface area contributed by atoms with Crippen LogP contribution in [0.15, 0.2) is 51.8 Å². The van der Waals surface area contributed by atoms with Crippen LogP contribution < -0.4 is 10.0 Å². The van der Waals surface area contributed by atoms with E-state index in [0.29, 0.717) is 23.0 Å². The number of amides is 1. The molecule has 0 atom stereocenters. The van der Waals surface area contributed by atoms with E-state index in [0.717, 1.165) is 11.1 Å². The zero-order chi connectivity index (χ0) is 19.7. The number of hydrogen-bond acceptors (Lipinski definition) is 6. The number of aryl methyl sites for hydroxylation is 1. The molecule has 3 aromatic rings. The van der Waals surface area contributed by atoms with Crippen molar-refractivity contribution in [2.24, 2.45) is 0 Å². The van der Waals surface area contributed by atoms with Crippen molar-refractivity contribution in [1.82, 2.24) is 14.9 Å². The van der Waals surface area contributed by atoms with Gasteiger partial charge in [0.1, 0.15) is 0 Å². The average molecular weight is 398 g/mol. The van der Waals surface area contributed by atoms with Crippen LogP contribution in [0.1, 0.15) is 17.0 Å². The highest BCUT2D eigenvalue weighted by molar-refractivity contribution is 7.89. The van der Waals surface area contributed by atoms with Crippen molar-refractivity contribution in [3.63, 3.8) is 0 Å². The Morgan fingerprint density at radius 3 is 2.71 bits per heavy atom. The predicted molar refractivity (Wildman–Crippen MR) is 102 cm³/mol. The molecule has 0 saturated carbocycles. The van der Waals surface area contributed by atoms with Crippen LogP contribution in [-0.4, -0.2) is 31.1 Å². The van der Waals surface area contributed by atoms with Crippen LogP contribution >= 0.6 is 0 Å². The van der Waals surface area contributed by atoms with Crippen molar-refractivity contribution in [1.29, 1.82) is 0 Å². The van der Waals surface area contributed by atoms with Gasteiger partial charge in [0.15, 0.2) is 0 Å². The maximum absolute atomic E-state index is 12.5. The number of nitrogens with zero attached hydrogens (tertiary/aromatic N) is 2. The number of aromatic nitrogens is 2. The smallest absolute Gasteiger partial charge is 0.247 e. The lowest BCUT2D eigenvalue weighted by molar-refractivity contribution is -0.115. The molecule has 1 aliphatic rings. The SMILES string of the molecule is Cc1ccc(-c2nnc(CCNS(=O)(=O)c3ccc4c(c3)CC(=O)N4)o2)cc1. The minimum Gasteiger partial charge on any atom is -0.421 e. The highest BCUT2D eigenvalue weighted by atomic mass is 32.2. The van der Waals surface area contributed by atoms with Crippen molar-refractivity contribution < 1.29 is 17.6 Å². The number of carbonyl (C=O) groups excluding carboxylic acids is 1. The second-order valence-electron chi connectivity index (χ2n) is 6.56. The number of rotatable bonds is 6. The maximum Gasteiger partial charge on any atom is 0.247 e. The number of anilines is 1. The summed E-state index contributed by atoms with van der Waals surface area (Å²) >= 11 is 0. The molecule has 1 amide bonds. The van der Waals surface area contributed by atoms with E-state index in [1.165, 1.54) is 12.1 Å². The predicted octanol–water partition coefficient (Wildman–Crippen LogP) is 2.06. The summed E-state index contributed by atoms with van der Waals surface area (Å²) in [6, 6.07) is 12.3. The minimum atomic E-state index is -3.70. The molecular formula is C19H18N4O4S. The van der Waals surface area contributed by atoms with Crippen LogP contribution in [0.5, 0.6) is 0 Å². The van der Waals surface area contributed by atoms with Crippen molar-refractivity contribution in [3.8, 4) is 11.5 Å². The van der Waals surface area contributed by atoms with E-state index >= 15 is 0 Å². The standard InChI is InChI=1S/C19H18N4O4S/c1-12-2-4-13(5-3-12)19-23-22-18(27-19)8-9-20-28(25,26)15-6-7-16-14(10-15)11-17(24)21-16/h2-7,10,20H,8-9,11H2,1H3,(H,21,24). The molecule has 0 aliphatic carbocycles. The van der Waals surface area contributed by atoms with E-state index < -0.39 is 10.0 Å². The molecule has 28 heavy (non-hydrogen) atoms. The highest BCUT2D eigenvalue weighted by Gasteiger charge is 2.21. The lowest BCUT2D eigenvalue weighted by Gasteiger charge is -2.07. The first-order valence-corrected chi connectivity index (χ1v) is 10.2. The van der Waals surface area contributed by atoms with Crippen LogP contribution in [0.4, 0.5) is 5.69 Å². The zero-order valence-corrected chi connectivity index (χ0v) is 15.9. The molecule has 0 spiro atoms. The van der Waals surface area contributed by atoms with Crippen LogP contribution in [0.2, 0.25) is 0 Å². The third-order valence-corrected chi connectivity index (χ3v) is 5.87. The summed E-state index contributed by atoms with van der Waals surface area (Å²) in [6.45, 7) is 2.11. The summed E-state index contributed by atoms with van der Waals surface area (Å²) in [4.78, 5) is 11.5. The third-order valence-electron chi connectivity index (χ3n) is 4.41. The lowest BCUT2D eigenvalue weighted by atomic mass is 10.1. The first-order valence-electron chi connectivity index (χ1n) is 8.72. The Bertz CT molecular complexity index is 1140. The maximum atomic E-state index is 12.5. The molecule has 0 fully saturated rings. The summed E-state index contributed by atoms with van der Waals surface area (Å²) < 4.78 is 33.1. The Morgan fingerprint density at radius 1 is 1.14 bits per heavy atom. The summed E-state index contributed by atoms with van der Waals surface area (Å²) in [5.74, 6) is 0.606. The van der Waals surface area contributed by atoms with Gasteiger partial charge in [0, 0.05) is 24.2 Å². The molecule has 0 saturated heterocycles. The minimum absolute atomic E-state index is 0.117. The summed E-state index contributed by atoms with van der Waals surface area (Å²) in [5, 5.41) is 10.6. The molecule has 2 heterocycles. The molecule has 8 nitrogen and oxygen atoms in total. The van der Waals surface area contributed by atoms with E-state index in [2.05, 4.69) is 20.2 Å². The molecule has 1 aliphatic heterocycles. The van der Waals surface area contributed by atoms with Crippen LogP contribution in [0, 0.1) is 6.92 Å². The van der Waals surface area contributed by atoms with Crippen LogP contribution in [0.3, 0.4) is 0 Å². The van der Waals surface area contributed by atoms with Gasteiger partial charge in [-0.2, -0.15) is 0 Å². The molecule has 2 aromatic carbocycles. The quantitative estimate of drug-likeness (QED) is 0.657. The van der Waals surface area contributed by atoms with Crippen molar-refractivity contribution in [2.45, 2.75) is 24.7 Å². The Balaban J connectivity index is 1.39. The Kier molecular flexibility index (Phi) is 4.70. The number of nitrogens with one attached hydrogen (secondary N) is 2. The number of benzene rings is 2. The summed E-state index contributed by atoms with van der Waals surface area (Å²) in [7, 11) is -3.70. The fourth-order valence-electron chi connectivity index (χ4n) is 2.92. The van der Waals surface area contributed by atoms with Gasteiger partial charge in [0.05, 0.1) is 11.3 Å². The van der Waals surface area contributed by atoms with E-state index in [-0.39, 0.29) is 30.2 Å². The first-order chi connectivity index (χ1) is 13.4. The van der Waals surface area contributed by atoms with Gasteiger partial charge in [-0.25, -0.2) is 13.1 Å². The van der Waals surface area contributed by atoms with Gasteiger partial charge in [0.25, 0.3) is 0 Å². The largest absolute Gasteiger partial charge is 0.421 e. The average Bonchev–Trinajstić information content (AvgIpc) is 3.27. The molecule has 0 unspecified atom stereocenters. The first kappa shape index (κ1) is 18.3. The molecule has 144 valence electrons. The van der Waals surface area contributed by atoms with Crippen molar-refractivity contribution >= 4 is 21.6 Å². The molecule has 9 heteroatoms. The summed E-state index contributed by atoms with van der Waals surface area (Å²) in [6.07, 6.45) is 0.450. The van der Waals surface area contributed by atoms with Gasteiger partial charge >= 0.3 is 0 Å². The molecule has 0 radical (unpaired) electrons. The monoisotopic (exact) mass is 398 g/mol.